The van der Waals surface area contributed by atoms with E-state index in [2.05, 4.69) is 15.6 Å². The molecule has 1 aliphatic rings. The quantitative estimate of drug-likeness (QED) is 0.167. The SMILES string of the molecule is CCSc1ccc(OC(F)(F)F)cc1NNC(=O)c1ccc(CN2CCC[C@H](N(C)C(=O)OC(C)(C)C)C2)c(C(F)(F)F)c1. The topological polar surface area (TPSA) is 83.1 Å². The van der Waals surface area contributed by atoms with E-state index in [4.69, 9.17) is 4.74 Å². The molecule has 0 aliphatic carbocycles. The molecule has 0 spiro atoms. The minimum atomic E-state index is -4.93. The normalized spacial score (nSPS) is 16.3. The lowest BCUT2D eigenvalue weighted by molar-refractivity contribution is -0.274. The molecule has 2 N–H and O–H groups in total. The number of hydrogen-bond donors (Lipinski definition) is 2. The number of nitrogens with one attached hydrogen (secondary N) is 2. The molecule has 0 unspecified atom stereocenters. The molecule has 1 heterocycles. The number of alkyl halides is 6. The summed E-state index contributed by atoms with van der Waals surface area (Å²) in [7, 11) is 1.61. The Balaban J connectivity index is 1.75. The summed E-state index contributed by atoms with van der Waals surface area (Å²) in [4.78, 5) is 29.1. The number of nitrogens with zero attached hydrogens (tertiary/aromatic N) is 2. The van der Waals surface area contributed by atoms with Gasteiger partial charge in [-0.25, -0.2) is 4.79 Å². The molecule has 0 bridgehead atoms. The Labute approximate surface area is 256 Å². The maximum atomic E-state index is 14.1. The number of halogens is 6. The van der Waals surface area contributed by atoms with E-state index in [-0.39, 0.29) is 29.4 Å². The first-order chi connectivity index (χ1) is 20.4. The van der Waals surface area contributed by atoms with Gasteiger partial charge in [0.05, 0.1) is 11.3 Å². The molecule has 8 nitrogen and oxygen atoms in total. The third-order valence-electron chi connectivity index (χ3n) is 6.58. The molecule has 0 radical (unpaired) electrons. The van der Waals surface area contributed by atoms with Gasteiger partial charge in [0.2, 0.25) is 0 Å². The predicted molar refractivity (Wildman–Crippen MR) is 154 cm³/mol. The second-order valence-corrected chi connectivity index (χ2v) is 12.5. The summed E-state index contributed by atoms with van der Waals surface area (Å²) < 4.78 is 89.8. The van der Waals surface area contributed by atoms with Gasteiger partial charge in [0, 0.05) is 42.7 Å². The van der Waals surface area contributed by atoms with Crippen LogP contribution in [-0.2, 0) is 17.5 Å². The van der Waals surface area contributed by atoms with Crippen LogP contribution in [-0.4, -0.2) is 65.7 Å². The van der Waals surface area contributed by atoms with Gasteiger partial charge in [-0.3, -0.25) is 20.5 Å². The molecule has 2 amide bonds. The van der Waals surface area contributed by atoms with Gasteiger partial charge in [-0.15, -0.1) is 24.9 Å². The van der Waals surface area contributed by atoms with Crippen LogP contribution in [0.2, 0.25) is 0 Å². The Kier molecular flexibility index (Phi) is 11.3. The number of ether oxygens (including phenoxy) is 2. The summed E-state index contributed by atoms with van der Waals surface area (Å²) in [6, 6.07) is 6.49. The molecule has 244 valence electrons. The zero-order chi connectivity index (χ0) is 32.9. The van der Waals surface area contributed by atoms with E-state index in [1.54, 1.807) is 27.8 Å². The minimum Gasteiger partial charge on any atom is -0.444 e. The largest absolute Gasteiger partial charge is 0.573 e. The first-order valence-electron chi connectivity index (χ1n) is 13.8. The van der Waals surface area contributed by atoms with E-state index in [0.29, 0.717) is 36.6 Å². The fourth-order valence-electron chi connectivity index (χ4n) is 4.62. The molecule has 3 rings (SSSR count). The number of carbonyl (C=O) groups is 2. The van der Waals surface area contributed by atoms with Crippen LogP contribution < -0.4 is 15.6 Å². The van der Waals surface area contributed by atoms with Crippen molar-refractivity contribution < 1.29 is 45.4 Å². The molecule has 1 atom stereocenters. The molecule has 1 fully saturated rings. The Morgan fingerprint density at radius 3 is 2.39 bits per heavy atom. The monoisotopic (exact) mass is 650 g/mol. The first-order valence-corrected chi connectivity index (χ1v) is 14.8. The molecular formula is C29H36F6N4O4S. The lowest BCUT2D eigenvalue weighted by Gasteiger charge is -2.38. The fraction of sp³-hybridized carbons (Fsp3) is 0.517. The number of amides is 2. The summed E-state index contributed by atoms with van der Waals surface area (Å²) in [5.41, 5.74) is 2.82. The van der Waals surface area contributed by atoms with Crippen molar-refractivity contribution in [3.63, 3.8) is 0 Å². The van der Waals surface area contributed by atoms with Gasteiger partial charge < -0.3 is 14.4 Å². The van der Waals surface area contributed by atoms with Crippen molar-refractivity contribution in [2.75, 3.05) is 31.3 Å². The minimum absolute atomic E-state index is 0.0405. The van der Waals surface area contributed by atoms with E-state index >= 15 is 0 Å². The molecule has 1 aliphatic heterocycles. The zero-order valence-corrected chi connectivity index (χ0v) is 25.8. The number of anilines is 1. The standard InChI is InChI=1S/C29H36F6N4O4S/c1-6-44-24-12-11-21(42-29(33,34)35)15-23(24)36-37-25(40)18-9-10-19(22(14-18)28(30,31)32)16-39-13-7-8-20(17-39)38(5)26(41)43-27(2,3)4/h9-12,14-15,20,36H,6-8,13,16-17H2,1-5H3,(H,37,40)/t20-/m0/s1. The highest BCUT2D eigenvalue weighted by molar-refractivity contribution is 7.99. The lowest BCUT2D eigenvalue weighted by Crippen LogP contribution is -2.49. The Morgan fingerprint density at radius 2 is 1.77 bits per heavy atom. The van der Waals surface area contributed by atoms with Gasteiger partial charge in [-0.05, 0) is 75.7 Å². The average Bonchev–Trinajstić information content (AvgIpc) is 2.90. The van der Waals surface area contributed by atoms with Crippen molar-refractivity contribution in [1.82, 2.24) is 15.2 Å². The molecule has 2 aromatic carbocycles. The second-order valence-electron chi connectivity index (χ2n) is 11.2. The molecule has 0 aromatic heterocycles. The Morgan fingerprint density at radius 1 is 1.07 bits per heavy atom. The molecule has 44 heavy (non-hydrogen) atoms. The summed E-state index contributed by atoms with van der Waals surface area (Å²) in [5, 5.41) is 0. The van der Waals surface area contributed by atoms with Crippen LogP contribution in [0, 0.1) is 0 Å². The number of likely N-dealkylation sites (N-methyl/N-ethyl adjacent to an activating group) is 1. The maximum Gasteiger partial charge on any atom is 0.573 e. The predicted octanol–water partition coefficient (Wildman–Crippen LogP) is 7.30. The third-order valence-corrected chi connectivity index (χ3v) is 7.53. The fourth-order valence-corrected chi connectivity index (χ4v) is 5.36. The lowest BCUT2D eigenvalue weighted by atomic mass is 10.00. The van der Waals surface area contributed by atoms with Crippen molar-refractivity contribution >= 4 is 29.4 Å². The van der Waals surface area contributed by atoms with Gasteiger partial charge in [-0.1, -0.05) is 13.0 Å². The van der Waals surface area contributed by atoms with Gasteiger partial charge >= 0.3 is 18.6 Å². The highest BCUT2D eigenvalue weighted by atomic mass is 32.2. The van der Waals surface area contributed by atoms with E-state index in [1.807, 2.05) is 11.8 Å². The second kappa shape index (κ2) is 14.2. The van der Waals surface area contributed by atoms with Crippen LogP contribution >= 0.6 is 11.8 Å². The van der Waals surface area contributed by atoms with Crippen molar-refractivity contribution in [1.29, 1.82) is 0 Å². The van der Waals surface area contributed by atoms with E-state index in [9.17, 15) is 35.9 Å². The number of carbonyl (C=O) groups excluding carboxylic acids is 2. The number of likely N-dealkylation sites (tertiary alicyclic amines) is 1. The van der Waals surface area contributed by atoms with Crippen molar-refractivity contribution in [2.45, 2.75) is 76.2 Å². The molecular weight excluding hydrogens is 614 g/mol. The van der Waals surface area contributed by atoms with Gasteiger partial charge in [0.25, 0.3) is 5.91 Å². The van der Waals surface area contributed by atoms with Crippen molar-refractivity contribution in [2.24, 2.45) is 0 Å². The molecule has 15 heteroatoms. The van der Waals surface area contributed by atoms with Gasteiger partial charge in [0.1, 0.15) is 11.4 Å². The number of rotatable bonds is 9. The number of piperidine rings is 1. The molecule has 0 saturated carbocycles. The number of hydrogen-bond acceptors (Lipinski definition) is 7. The van der Waals surface area contributed by atoms with Crippen LogP contribution in [0.3, 0.4) is 0 Å². The highest BCUT2D eigenvalue weighted by Gasteiger charge is 2.36. The van der Waals surface area contributed by atoms with E-state index < -0.39 is 41.5 Å². The van der Waals surface area contributed by atoms with Crippen LogP contribution in [0.15, 0.2) is 41.3 Å². The summed E-state index contributed by atoms with van der Waals surface area (Å²) in [6.07, 6.45) is -8.87. The smallest absolute Gasteiger partial charge is 0.444 e. The molecule has 2 aromatic rings. The average molecular weight is 651 g/mol. The summed E-state index contributed by atoms with van der Waals surface area (Å²) in [6.45, 7) is 7.87. The van der Waals surface area contributed by atoms with Gasteiger partial charge in [-0.2, -0.15) is 13.2 Å². The Bertz CT molecular complexity index is 1320. The molecule has 1 saturated heterocycles. The number of benzene rings is 2. The highest BCUT2D eigenvalue weighted by Crippen LogP contribution is 2.35. The third kappa shape index (κ3) is 10.4. The number of thioether (sulfide) groups is 1. The zero-order valence-electron chi connectivity index (χ0n) is 25.0. The maximum absolute atomic E-state index is 14.1. The van der Waals surface area contributed by atoms with Crippen LogP contribution in [0.25, 0.3) is 0 Å². The summed E-state index contributed by atoms with van der Waals surface area (Å²) >= 11 is 1.27. The van der Waals surface area contributed by atoms with Crippen molar-refractivity contribution in [3.8, 4) is 5.75 Å². The van der Waals surface area contributed by atoms with Gasteiger partial charge in [0.15, 0.2) is 0 Å². The van der Waals surface area contributed by atoms with Crippen LogP contribution in [0.4, 0.5) is 36.8 Å². The first kappa shape index (κ1) is 35.2. The summed E-state index contributed by atoms with van der Waals surface area (Å²) in [5.74, 6) is -0.891. The van der Waals surface area contributed by atoms with E-state index in [1.165, 1.54) is 34.9 Å². The van der Waals surface area contributed by atoms with Crippen LogP contribution in [0.1, 0.15) is 62.0 Å². The van der Waals surface area contributed by atoms with Crippen molar-refractivity contribution in [3.05, 3.63) is 53.1 Å². The number of hydrazine groups is 1. The Hall–Kier alpha value is -3.33. The van der Waals surface area contributed by atoms with Crippen LogP contribution in [0.5, 0.6) is 5.75 Å². The van der Waals surface area contributed by atoms with E-state index in [0.717, 1.165) is 18.2 Å².